The number of carbonyl (C=O) groups is 3. The molecule has 5 atom stereocenters. The minimum absolute atomic E-state index is 0.262. The van der Waals surface area contributed by atoms with E-state index in [1.54, 1.807) is 6.07 Å². The molecule has 34 heavy (non-hydrogen) atoms. The molecule has 0 aromatic carbocycles. The lowest BCUT2D eigenvalue weighted by Crippen LogP contribution is -2.48. The number of nitrogens with zero attached hydrogens (tertiary/aromatic N) is 3. The first kappa shape index (κ1) is 24.0. The van der Waals surface area contributed by atoms with E-state index in [-0.39, 0.29) is 18.0 Å². The molecule has 2 aliphatic carbocycles. The summed E-state index contributed by atoms with van der Waals surface area (Å²) in [6, 6.07) is 5.90. The Bertz CT molecular complexity index is 1200. The smallest absolute Gasteiger partial charge is 0.310 e. The van der Waals surface area contributed by atoms with Gasteiger partial charge in [0.1, 0.15) is 5.41 Å². The van der Waals surface area contributed by atoms with Gasteiger partial charge in [-0.1, -0.05) is 6.07 Å². The van der Waals surface area contributed by atoms with Crippen LogP contribution in [0.3, 0.4) is 0 Å². The van der Waals surface area contributed by atoms with Gasteiger partial charge in [-0.05, 0) is 31.4 Å². The van der Waals surface area contributed by atoms with Crippen molar-refractivity contribution in [1.29, 1.82) is 5.26 Å². The number of nitriles is 1. The zero-order valence-corrected chi connectivity index (χ0v) is 18.7. The first-order chi connectivity index (χ1) is 15.8. The number of aromatic nitrogens is 1. The molecule has 2 heterocycles. The van der Waals surface area contributed by atoms with E-state index in [9.17, 15) is 42.0 Å². The third-order valence-electron chi connectivity index (χ3n) is 7.45. The van der Waals surface area contributed by atoms with Gasteiger partial charge in [0.15, 0.2) is 14.9 Å². The number of aliphatic carboxylic acids is 1. The lowest BCUT2D eigenvalue weighted by molar-refractivity contribution is -0.160. The third kappa shape index (κ3) is 3.43. The highest BCUT2D eigenvalue weighted by atomic mass is 32.2. The van der Waals surface area contributed by atoms with Crippen LogP contribution in [0, 0.1) is 34.0 Å². The number of likely N-dealkylation sites (tertiary alicyclic amines) is 1. The maximum atomic E-state index is 13.8. The molecule has 4 rings (SSSR count). The molecule has 1 aromatic heterocycles. The molecular formula is C21H22F2N4O6S. The molecule has 0 radical (unpaired) electrons. The Morgan fingerprint density at radius 3 is 2.44 bits per heavy atom. The summed E-state index contributed by atoms with van der Waals surface area (Å²) in [5.74, 6) is -9.50. The average molecular weight is 496 g/mol. The summed E-state index contributed by atoms with van der Waals surface area (Å²) in [6.45, 7) is -1.24. The van der Waals surface area contributed by atoms with Crippen LogP contribution in [0.15, 0.2) is 29.4 Å². The Morgan fingerprint density at radius 1 is 1.26 bits per heavy atom. The molecule has 182 valence electrons. The van der Waals surface area contributed by atoms with Crippen molar-refractivity contribution in [2.75, 3.05) is 13.1 Å². The van der Waals surface area contributed by atoms with E-state index in [2.05, 4.69) is 4.98 Å². The molecule has 2 amide bonds. The minimum Gasteiger partial charge on any atom is -0.481 e. The van der Waals surface area contributed by atoms with Crippen LogP contribution in [-0.4, -0.2) is 65.5 Å². The number of rotatable bonds is 6. The number of primary amides is 1. The number of carboxylic acid groups (broad SMARTS) is 1. The number of halogens is 2. The van der Waals surface area contributed by atoms with Crippen LogP contribution < -0.4 is 5.73 Å². The molecule has 1 saturated heterocycles. The Hall–Kier alpha value is -3.14. The summed E-state index contributed by atoms with van der Waals surface area (Å²) in [6.07, 6.45) is -0.669. The average Bonchev–Trinajstić information content (AvgIpc) is 3.23. The fraction of sp³-hybridized carbons (Fsp3) is 0.571. The predicted octanol–water partition coefficient (Wildman–Crippen LogP) is 0.588. The lowest BCUT2D eigenvalue weighted by Gasteiger charge is -2.34. The molecule has 3 fully saturated rings. The van der Waals surface area contributed by atoms with E-state index in [0.717, 1.165) is 4.90 Å². The largest absolute Gasteiger partial charge is 0.481 e. The molecule has 1 aliphatic heterocycles. The van der Waals surface area contributed by atoms with Crippen LogP contribution in [-0.2, 0) is 24.2 Å². The normalized spacial score (nSPS) is 34.4. The Morgan fingerprint density at radius 2 is 1.97 bits per heavy atom. The number of sulfone groups is 1. The second-order valence-corrected chi connectivity index (χ2v) is 11.4. The number of pyridine rings is 1. The van der Waals surface area contributed by atoms with Gasteiger partial charge < -0.3 is 15.7 Å². The zero-order chi connectivity index (χ0) is 25.1. The monoisotopic (exact) mass is 496 g/mol. The van der Waals surface area contributed by atoms with Crippen molar-refractivity contribution >= 4 is 27.6 Å². The predicted molar refractivity (Wildman–Crippen MR) is 109 cm³/mol. The van der Waals surface area contributed by atoms with Crippen molar-refractivity contribution in [2.24, 2.45) is 28.4 Å². The van der Waals surface area contributed by atoms with Crippen molar-refractivity contribution < 1.29 is 36.7 Å². The SMILES string of the molecule is N#CC1(C(N)=O)CC1[C@]1(C(=O)O)C[C@H](S(=O)(=O)c2ccccn2)C[C@H]1C(=O)N1CCC(F)(F)C1. The lowest BCUT2D eigenvalue weighted by atomic mass is 9.70. The number of hydrogen-bond donors (Lipinski definition) is 2. The number of alkyl halides is 2. The van der Waals surface area contributed by atoms with E-state index in [1.807, 2.05) is 0 Å². The summed E-state index contributed by atoms with van der Waals surface area (Å²) >= 11 is 0. The maximum Gasteiger partial charge on any atom is 0.310 e. The van der Waals surface area contributed by atoms with Crippen LogP contribution in [0.1, 0.15) is 25.7 Å². The molecule has 0 spiro atoms. The summed E-state index contributed by atoms with van der Waals surface area (Å²) in [5, 5.41) is 18.2. The maximum absolute atomic E-state index is 13.8. The second kappa shape index (κ2) is 7.69. The highest BCUT2D eigenvalue weighted by Gasteiger charge is 2.76. The summed E-state index contributed by atoms with van der Waals surface area (Å²) in [5.41, 5.74) is 1.35. The summed E-state index contributed by atoms with van der Waals surface area (Å²) < 4.78 is 54.2. The topological polar surface area (TPSA) is 172 Å². The third-order valence-corrected chi connectivity index (χ3v) is 9.51. The molecule has 1 aromatic rings. The second-order valence-electron chi connectivity index (χ2n) is 9.24. The number of carbonyl (C=O) groups excluding carboxylic acids is 2. The molecule has 3 aliphatic rings. The van der Waals surface area contributed by atoms with E-state index in [1.165, 1.54) is 24.4 Å². The van der Waals surface area contributed by atoms with Gasteiger partial charge in [-0.25, -0.2) is 22.2 Å². The highest BCUT2D eigenvalue weighted by molar-refractivity contribution is 7.92. The van der Waals surface area contributed by atoms with E-state index < -0.39 is 87.3 Å². The molecule has 2 saturated carbocycles. The van der Waals surface area contributed by atoms with Crippen LogP contribution in [0.4, 0.5) is 8.78 Å². The Balaban J connectivity index is 1.79. The number of carboxylic acids is 1. The van der Waals surface area contributed by atoms with Gasteiger partial charge in [0.05, 0.1) is 29.2 Å². The fourth-order valence-corrected chi connectivity index (χ4v) is 7.33. The first-order valence-corrected chi connectivity index (χ1v) is 12.1. The number of amides is 2. The standard InChI is InChI=1S/C21H22F2N4O6S/c22-20(23)4-6-27(11-20)16(28)13-7-12(34(32,33)15-3-1-2-5-26-15)8-21(13,18(30)31)14-9-19(14,10-24)17(25)29/h1-3,5,12-14H,4,6-9,11H2,(H2,25,29)(H,30,31)/t12-,13+,14?,19?,21+/m1/s1. The van der Waals surface area contributed by atoms with Gasteiger partial charge >= 0.3 is 5.97 Å². The minimum atomic E-state index is -4.22. The van der Waals surface area contributed by atoms with Crippen LogP contribution in [0.2, 0.25) is 0 Å². The van der Waals surface area contributed by atoms with Crippen molar-refractivity contribution in [2.45, 2.75) is 41.9 Å². The van der Waals surface area contributed by atoms with Crippen LogP contribution in [0.25, 0.3) is 0 Å². The summed E-state index contributed by atoms with van der Waals surface area (Å²) in [7, 11) is -4.22. The highest BCUT2D eigenvalue weighted by Crippen LogP contribution is 2.68. The van der Waals surface area contributed by atoms with Crippen molar-refractivity contribution in [3.8, 4) is 6.07 Å². The van der Waals surface area contributed by atoms with E-state index in [4.69, 9.17) is 5.73 Å². The van der Waals surface area contributed by atoms with Gasteiger partial charge in [0.25, 0.3) is 5.92 Å². The Labute approximate surface area is 193 Å². The van der Waals surface area contributed by atoms with Gasteiger partial charge in [-0.2, -0.15) is 5.26 Å². The zero-order valence-electron chi connectivity index (χ0n) is 17.9. The van der Waals surface area contributed by atoms with Crippen LogP contribution >= 0.6 is 0 Å². The van der Waals surface area contributed by atoms with Crippen molar-refractivity contribution in [1.82, 2.24) is 9.88 Å². The quantitative estimate of drug-likeness (QED) is 0.576. The molecule has 3 N–H and O–H groups in total. The summed E-state index contributed by atoms with van der Waals surface area (Å²) in [4.78, 5) is 42.8. The Kier molecular flexibility index (Phi) is 5.43. The van der Waals surface area contributed by atoms with Gasteiger partial charge in [0, 0.05) is 25.1 Å². The van der Waals surface area contributed by atoms with Crippen molar-refractivity contribution in [3.63, 3.8) is 0 Å². The first-order valence-electron chi connectivity index (χ1n) is 10.6. The number of nitrogens with two attached hydrogens (primary N) is 1. The van der Waals surface area contributed by atoms with Gasteiger partial charge in [-0.15, -0.1) is 0 Å². The van der Waals surface area contributed by atoms with E-state index >= 15 is 0 Å². The van der Waals surface area contributed by atoms with Crippen LogP contribution in [0.5, 0.6) is 0 Å². The molecule has 13 heteroatoms. The fourth-order valence-electron chi connectivity index (χ4n) is 5.57. The molecule has 10 nitrogen and oxygen atoms in total. The van der Waals surface area contributed by atoms with Gasteiger partial charge in [-0.3, -0.25) is 14.4 Å². The number of hydrogen-bond acceptors (Lipinski definition) is 7. The van der Waals surface area contributed by atoms with Crippen molar-refractivity contribution in [3.05, 3.63) is 24.4 Å². The molecular weight excluding hydrogens is 474 g/mol. The van der Waals surface area contributed by atoms with E-state index in [0.29, 0.717) is 0 Å². The molecule has 2 unspecified atom stereocenters. The van der Waals surface area contributed by atoms with Gasteiger partial charge in [0.2, 0.25) is 11.8 Å². The molecule has 0 bridgehead atoms.